The summed E-state index contributed by atoms with van der Waals surface area (Å²) in [6, 6.07) is -0.641. The number of rotatable bonds is 60. The average molecular weight is 1010 g/mol. The van der Waals surface area contributed by atoms with Crippen molar-refractivity contribution in [3.05, 3.63) is 36.5 Å². The first kappa shape index (κ1) is 70.1. The summed E-state index contributed by atoms with van der Waals surface area (Å²) >= 11 is 0. The highest BCUT2D eigenvalue weighted by atomic mass is 16.5. The van der Waals surface area contributed by atoms with E-state index >= 15 is 0 Å². The maximum Gasteiger partial charge on any atom is 0.305 e. The van der Waals surface area contributed by atoms with Gasteiger partial charge in [0.25, 0.3) is 0 Å². The molecule has 2 unspecified atom stereocenters. The van der Waals surface area contributed by atoms with Gasteiger partial charge in [0.05, 0.1) is 25.4 Å². The molecule has 6 nitrogen and oxygen atoms in total. The molecule has 0 saturated heterocycles. The maximum atomic E-state index is 12.5. The van der Waals surface area contributed by atoms with E-state index in [1.807, 2.05) is 6.08 Å². The van der Waals surface area contributed by atoms with Gasteiger partial charge < -0.3 is 20.3 Å². The number of esters is 1. The quantitative estimate of drug-likeness (QED) is 0.0320. The second-order valence-corrected chi connectivity index (χ2v) is 22.1. The molecule has 0 aromatic heterocycles. The van der Waals surface area contributed by atoms with Crippen LogP contribution in [0.4, 0.5) is 0 Å². The minimum atomic E-state index is -0.857. The molecule has 1 amide bonds. The van der Waals surface area contributed by atoms with Crippen molar-refractivity contribution < 1.29 is 24.5 Å². The molecule has 0 aliphatic heterocycles. The molecule has 2 atom stereocenters. The molecule has 424 valence electrons. The number of hydrogen-bond donors (Lipinski definition) is 3. The Morgan fingerprint density at radius 3 is 1.06 bits per heavy atom. The smallest absolute Gasteiger partial charge is 0.305 e. The van der Waals surface area contributed by atoms with Gasteiger partial charge in [-0.2, -0.15) is 0 Å². The third-order valence-corrected chi connectivity index (χ3v) is 14.9. The van der Waals surface area contributed by atoms with Crippen LogP contribution in [0.15, 0.2) is 36.5 Å². The zero-order valence-corrected chi connectivity index (χ0v) is 48.4. The normalized spacial score (nSPS) is 12.8. The lowest BCUT2D eigenvalue weighted by Crippen LogP contribution is -2.45. The number of hydrogen-bond acceptors (Lipinski definition) is 5. The number of carbonyl (C=O) groups is 2. The fourth-order valence-corrected chi connectivity index (χ4v) is 9.96. The van der Waals surface area contributed by atoms with Gasteiger partial charge in [-0.15, -0.1) is 0 Å². The van der Waals surface area contributed by atoms with E-state index in [0.29, 0.717) is 19.4 Å². The Kier molecular flexibility index (Phi) is 60.0. The lowest BCUT2D eigenvalue weighted by Gasteiger charge is -2.20. The number of carbonyl (C=O) groups excluding carboxylic acids is 2. The lowest BCUT2D eigenvalue weighted by molar-refractivity contribution is -0.143. The van der Waals surface area contributed by atoms with Crippen molar-refractivity contribution in [1.82, 2.24) is 5.32 Å². The predicted molar refractivity (Wildman–Crippen MR) is 315 cm³/mol. The Balaban J connectivity index is 3.51. The first-order chi connectivity index (χ1) is 35.5. The van der Waals surface area contributed by atoms with Gasteiger partial charge in [0.15, 0.2) is 0 Å². The van der Waals surface area contributed by atoms with Crippen molar-refractivity contribution in [2.75, 3.05) is 13.2 Å². The zero-order valence-electron chi connectivity index (χ0n) is 48.4. The topological polar surface area (TPSA) is 95.9 Å². The van der Waals surface area contributed by atoms with E-state index in [1.165, 1.54) is 238 Å². The third-order valence-electron chi connectivity index (χ3n) is 14.9. The van der Waals surface area contributed by atoms with E-state index in [9.17, 15) is 19.8 Å². The highest BCUT2D eigenvalue weighted by Crippen LogP contribution is 2.18. The Morgan fingerprint density at radius 2 is 0.694 bits per heavy atom. The van der Waals surface area contributed by atoms with Gasteiger partial charge in [-0.25, -0.2) is 0 Å². The number of ether oxygens (including phenoxy) is 1. The van der Waals surface area contributed by atoms with E-state index in [1.54, 1.807) is 6.08 Å². The molecule has 3 N–H and O–H groups in total. The Hall–Kier alpha value is -1.92. The number of nitrogens with one attached hydrogen (secondary N) is 1. The average Bonchev–Trinajstić information content (AvgIpc) is 3.38. The van der Waals surface area contributed by atoms with Crippen LogP contribution >= 0.6 is 0 Å². The fraction of sp³-hybridized carbons (Fsp3) is 0.879. The van der Waals surface area contributed by atoms with E-state index in [0.717, 1.165) is 83.5 Å². The van der Waals surface area contributed by atoms with Gasteiger partial charge in [-0.05, 0) is 70.6 Å². The summed E-state index contributed by atoms with van der Waals surface area (Å²) in [7, 11) is 0. The maximum absolute atomic E-state index is 12.5. The summed E-state index contributed by atoms with van der Waals surface area (Å²) in [5.74, 6) is -0.0946. The number of aliphatic hydroxyl groups excluding tert-OH is 2. The van der Waals surface area contributed by atoms with Crippen LogP contribution in [0.5, 0.6) is 0 Å². The lowest BCUT2D eigenvalue weighted by atomic mass is 10.0. The molecule has 6 heteroatoms. The number of amides is 1. The van der Waals surface area contributed by atoms with Crippen molar-refractivity contribution in [2.24, 2.45) is 0 Å². The molecule has 0 spiro atoms. The van der Waals surface area contributed by atoms with Gasteiger partial charge in [0.2, 0.25) is 5.91 Å². The van der Waals surface area contributed by atoms with Crippen molar-refractivity contribution in [2.45, 2.75) is 360 Å². The van der Waals surface area contributed by atoms with Crippen LogP contribution in [0.2, 0.25) is 0 Å². The predicted octanol–water partition coefficient (Wildman–Crippen LogP) is 20.4. The molecular weight excluding hydrogens is 887 g/mol. The highest BCUT2D eigenvalue weighted by Gasteiger charge is 2.18. The van der Waals surface area contributed by atoms with Crippen molar-refractivity contribution in [1.29, 1.82) is 0 Å². The van der Waals surface area contributed by atoms with E-state index in [-0.39, 0.29) is 18.5 Å². The summed E-state index contributed by atoms with van der Waals surface area (Å²) in [5.41, 5.74) is 0. The standard InChI is InChI=1S/C66H125NO5/c1-3-5-7-9-11-13-15-17-19-20-21-22-23-24-25-26-28-31-34-38-42-46-50-54-58-64(69)63(62-68)67-65(70)59-55-51-47-43-39-35-32-29-27-30-33-37-41-45-49-53-57-61-72-66(71)60-56-52-48-44-40-36-18-16-14-12-10-8-6-4-2/h27,30,37,41,54,58,63-64,68-69H,3-26,28-29,31-36,38-40,42-53,55-57,59-62H2,1-2H3,(H,67,70)/b30-27-,41-37-,58-54+. The van der Waals surface area contributed by atoms with Gasteiger partial charge in [-0.3, -0.25) is 9.59 Å². The molecule has 0 saturated carbocycles. The second-order valence-electron chi connectivity index (χ2n) is 22.1. The molecule has 0 bridgehead atoms. The van der Waals surface area contributed by atoms with Crippen LogP contribution in [0.25, 0.3) is 0 Å². The second kappa shape index (κ2) is 61.6. The molecule has 0 radical (unpaired) electrons. The van der Waals surface area contributed by atoms with Crippen LogP contribution in [0.1, 0.15) is 348 Å². The summed E-state index contributed by atoms with van der Waals surface area (Å²) in [6.07, 6.45) is 77.6. The fourth-order valence-electron chi connectivity index (χ4n) is 9.96. The molecule has 0 rings (SSSR count). The van der Waals surface area contributed by atoms with Crippen LogP contribution < -0.4 is 5.32 Å². The molecule has 0 fully saturated rings. The third kappa shape index (κ3) is 57.4. The van der Waals surface area contributed by atoms with Crippen LogP contribution in [-0.4, -0.2) is 47.4 Å². The Morgan fingerprint density at radius 1 is 0.389 bits per heavy atom. The SMILES string of the molecule is CCCCCCCCCCCCCCCCCCCCCCCC/C=C/C(O)C(CO)NC(=O)CCCCCCCCC/C=C\C/C=C\CCCCCOC(=O)CCCCCCCCCCCCCCCC. The Bertz CT molecular complexity index is 1170. The van der Waals surface area contributed by atoms with E-state index < -0.39 is 12.1 Å². The monoisotopic (exact) mass is 1010 g/mol. The molecule has 0 aromatic carbocycles. The molecule has 0 aliphatic carbocycles. The van der Waals surface area contributed by atoms with Crippen molar-refractivity contribution in [3.63, 3.8) is 0 Å². The molecule has 0 aliphatic rings. The van der Waals surface area contributed by atoms with Crippen LogP contribution in [-0.2, 0) is 14.3 Å². The first-order valence-corrected chi connectivity index (χ1v) is 32.3. The van der Waals surface area contributed by atoms with Crippen molar-refractivity contribution >= 4 is 11.9 Å². The van der Waals surface area contributed by atoms with E-state index in [4.69, 9.17) is 4.74 Å². The van der Waals surface area contributed by atoms with Crippen LogP contribution in [0.3, 0.4) is 0 Å². The highest BCUT2D eigenvalue weighted by molar-refractivity contribution is 5.76. The number of aliphatic hydroxyl groups is 2. The van der Waals surface area contributed by atoms with Crippen molar-refractivity contribution in [3.8, 4) is 0 Å². The minimum absolute atomic E-state index is 0.0137. The molecule has 0 heterocycles. The number of unbranched alkanes of at least 4 members (excludes halogenated alkanes) is 45. The molecule has 0 aromatic rings. The summed E-state index contributed by atoms with van der Waals surface area (Å²) in [5, 5.41) is 23.2. The Labute approximate surface area is 449 Å². The molecular formula is C66H125NO5. The van der Waals surface area contributed by atoms with Gasteiger partial charge in [0.1, 0.15) is 0 Å². The van der Waals surface area contributed by atoms with Crippen LogP contribution in [0, 0.1) is 0 Å². The molecule has 72 heavy (non-hydrogen) atoms. The summed E-state index contributed by atoms with van der Waals surface area (Å²) in [6.45, 7) is 4.89. The van der Waals surface area contributed by atoms with Gasteiger partial charge in [-0.1, -0.05) is 301 Å². The van der Waals surface area contributed by atoms with E-state index in [2.05, 4.69) is 43.5 Å². The summed E-state index contributed by atoms with van der Waals surface area (Å²) < 4.78 is 5.46. The first-order valence-electron chi connectivity index (χ1n) is 32.3. The van der Waals surface area contributed by atoms with Gasteiger partial charge in [0, 0.05) is 12.8 Å². The zero-order chi connectivity index (χ0) is 52.2. The minimum Gasteiger partial charge on any atom is -0.466 e. The largest absolute Gasteiger partial charge is 0.466 e. The summed E-state index contributed by atoms with van der Waals surface area (Å²) in [4.78, 5) is 24.5. The number of allylic oxidation sites excluding steroid dienone is 5. The van der Waals surface area contributed by atoms with Gasteiger partial charge >= 0.3 is 5.97 Å².